The number of likely N-dealkylation sites (N-methyl/N-ethyl adjacent to an activating group) is 1. The fourth-order valence-corrected chi connectivity index (χ4v) is 2.02. The van der Waals surface area contributed by atoms with Gasteiger partial charge >= 0.3 is 0 Å². The van der Waals surface area contributed by atoms with E-state index in [-0.39, 0.29) is 0 Å². The second kappa shape index (κ2) is 4.94. The van der Waals surface area contributed by atoms with Crippen LogP contribution in [-0.4, -0.2) is 49.5 Å². The maximum Gasteiger partial charge on any atom is 0.0774 e. The Morgan fingerprint density at radius 2 is 2.00 bits per heavy atom. The Balaban J connectivity index is 2.21. The summed E-state index contributed by atoms with van der Waals surface area (Å²) in [6.45, 7) is 2.43. The van der Waals surface area contributed by atoms with E-state index in [0.717, 1.165) is 32.5 Å². The average molecular weight is 187 g/mol. The highest BCUT2D eigenvalue weighted by Crippen LogP contribution is 2.29. The fourth-order valence-electron chi connectivity index (χ4n) is 2.02. The van der Waals surface area contributed by atoms with Gasteiger partial charge in [0, 0.05) is 20.2 Å². The Morgan fingerprint density at radius 3 is 2.54 bits per heavy atom. The van der Waals surface area contributed by atoms with E-state index in [1.54, 1.807) is 7.11 Å². The summed E-state index contributed by atoms with van der Waals surface area (Å²) in [6, 6.07) is 0. The molecule has 0 amide bonds. The highest BCUT2D eigenvalue weighted by molar-refractivity contribution is 4.86. The van der Waals surface area contributed by atoms with E-state index in [9.17, 15) is 5.11 Å². The van der Waals surface area contributed by atoms with Crippen molar-refractivity contribution in [2.75, 3.05) is 33.9 Å². The zero-order valence-corrected chi connectivity index (χ0v) is 8.75. The van der Waals surface area contributed by atoms with Crippen LogP contribution in [0.5, 0.6) is 0 Å². The fraction of sp³-hybridized carbons (Fsp3) is 1.00. The molecule has 0 spiro atoms. The second-order valence-electron chi connectivity index (χ2n) is 4.16. The van der Waals surface area contributed by atoms with Crippen molar-refractivity contribution in [1.82, 2.24) is 4.90 Å². The van der Waals surface area contributed by atoms with Crippen LogP contribution in [0, 0.1) is 0 Å². The van der Waals surface area contributed by atoms with Crippen molar-refractivity contribution in [3.8, 4) is 0 Å². The van der Waals surface area contributed by atoms with Crippen LogP contribution in [0.3, 0.4) is 0 Å². The van der Waals surface area contributed by atoms with Gasteiger partial charge in [0.1, 0.15) is 0 Å². The van der Waals surface area contributed by atoms with E-state index in [2.05, 4.69) is 4.90 Å². The van der Waals surface area contributed by atoms with E-state index in [1.807, 2.05) is 7.05 Å². The minimum atomic E-state index is -0.414. The number of ether oxygens (including phenoxy) is 1. The van der Waals surface area contributed by atoms with Crippen molar-refractivity contribution in [2.24, 2.45) is 0 Å². The third kappa shape index (κ3) is 3.63. The van der Waals surface area contributed by atoms with E-state index in [4.69, 9.17) is 4.74 Å². The zero-order valence-electron chi connectivity index (χ0n) is 8.75. The molecule has 3 nitrogen and oxygen atoms in total. The minimum Gasteiger partial charge on any atom is -0.389 e. The first-order valence-corrected chi connectivity index (χ1v) is 5.06. The van der Waals surface area contributed by atoms with Gasteiger partial charge in [-0.1, -0.05) is 12.8 Å². The first-order chi connectivity index (χ1) is 6.16. The summed E-state index contributed by atoms with van der Waals surface area (Å²) in [5.41, 5.74) is -0.414. The summed E-state index contributed by atoms with van der Waals surface area (Å²) in [5.74, 6) is 0. The molecule has 0 bridgehead atoms. The molecule has 78 valence electrons. The van der Waals surface area contributed by atoms with Crippen LogP contribution in [0.4, 0.5) is 0 Å². The largest absolute Gasteiger partial charge is 0.389 e. The molecule has 1 rings (SSSR count). The molecule has 0 saturated heterocycles. The molecule has 0 aromatic carbocycles. The van der Waals surface area contributed by atoms with Crippen LogP contribution in [0.1, 0.15) is 25.7 Å². The van der Waals surface area contributed by atoms with E-state index < -0.39 is 5.60 Å². The smallest absolute Gasteiger partial charge is 0.0774 e. The van der Waals surface area contributed by atoms with Crippen molar-refractivity contribution in [2.45, 2.75) is 31.3 Å². The number of aliphatic hydroxyl groups is 1. The lowest BCUT2D eigenvalue weighted by Crippen LogP contribution is -2.40. The molecule has 1 fully saturated rings. The number of nitrogens with zero attached hydrogens (tertiary/aromatic N) is 1. The summed E-state index contributed by atoms with van der Waals surface area (Å²) in [4.78, 5) is 2.15. The SMILES string of the molecule is COCCN(C)CC1(O)CCCC1. The summed E-state index contributed by atoms with van der Waals surface area (Å²) in [5, 5.41) is 10.1. The van der Waals surface area contributed by atoms with E-state index in [0.29, 0.717) is 0 Å². The lowest BCUT2D eigenvalue weighted by molar-refractivity contribution is 0.0111. The van der Waals surface area contributed by atoms with Crippen LogP contribution in [0.2, 0.25) is 0 Å². The number of hydrogen-bond acceptors (Lipinski definition) is 3. The van der Waals surface area contributed by atoms with Crippen molar-refractivity contribution < 1.29 is 9.84 Å². The van der Waals surface area contributed by atoms with Gasteiger partial charge < -0.3 is 14.7 Å². The van der Waals surface area contributed by atoms with Crippen LogP contribution >= 0.6 is 0 Å². The van der Waals surface area contributed by atoms with Gasteiger partial charge in [-0.3, -0.25) is 0 Å². The molecular formula is C10H21NO2. The molecule has 0 unspecified atom stereocenters. The molecular weight excluding hydrogens is 166 g/mol. The molecule has 0 aromatic heterocycles. The van der Waals surface area contributed by atoms with Crippen LogP contribution in [0.15, 0.2) is 0 Å². The third-order valence-corrected chi connectivity index (χ3v) is 2.78. The second-order valence-corrected chi connectivity index (χ2v) is 4.16. The monoisotopic (exact) mass is 187 g/mol. The molecule has 0 aromatic rings. The van der Waals surface area contributed by atoms with Crippen molar-refractivity contribution in [1.29, 1.82) is 0 Å². The number of methoxy groups -OCH3 is 1. The molecule has 1 N–H and O–H groups in total. The molecule has 0 radical (unpaired) electrons. The molecule has 3 heteroatoms. The number of hydrogen-bond donors (Lipinski definition) is 1. The maximum atomic E-state index is 10.1. The number of rotatable bonds is 5. The Hall–Kier alpha value is -0.120. The van der Waals surface area contributed by atoms with Gasteiger partial charge in [-0.25, -0.2) is 0 Å². The van der Waals surface area contributed by atoms with Crippen molar-refractivity contribution in [3.05, 3.63) is 0 Å². The molecule has 13 heavy (non-hydrogen) atoms. The van der Waals surface area contributed by atoms with Crippen LogP contribution in [0.25, 0.3) is 0 Å². The summed E-state index contributed by atoms with van der Waals surface area (Å²) in [7, 11) is 3.74. The van der Waals surface area contributed by atoms with Gasteiger partial charge in [0.05, 0.1) is 12.2 Å². The quantitative estimate of drug-likeness (QED) is 0.693. The first-order valence-electron chi connectivity index (χ1n) is 5.06. The first kappa shape index (κ1) is 11.0. The zero-order chi connectivity index (χ0) is 9.73. The topological polar surface area (TPSA) is 32.7 Å². The van der Waals surface area contributed by atoms with Gasteiger partial charge in [0.25, 0.3) is 0 Å². The normalized spacial score (nSPS) is 21.2. The van der Waals surface area contributed by atoms with Gasteiger partial charge in [-0.2, -0.15) is 0 Å². The minimum absolute atomic E-state index is 0.414. The van der Waals surface area contributed by atoms with Crippen molar-refractivity contribution >= 4 is 0 Å². The highest BCUT2D eigenvalue weighted by atomic mass is 16.5. The third-order valence-electron chi connectivity index (χ3n) is 2.78. The lowest BCUT2D eigenvalue weighted by atomic mass is 10.0. The van der Waals surface area contributed by atoms with Gasteiger partial charge in [0.15, 0.2) is 0 Å². The van der Waals surface area contributed by atoms with Crippen molar-refractivity contribution in [3.63, 3.8) is 0 Å². The molecule has 0 aliphatic heterocycles. The van der Waals surface area contributed by atoms with Gasteiger partial charge in [0.2, 0.25) is 0 Å². The van der Waals surface area contributed by atoms with E-state index in [1.165, 1.54) is 12.8 Å². The van der Waals surface area contributed by atoms with Crippen LogP contribution in [-0.2, 0) is 4.74 Å². The Morgan fingerprint density at radius 1 is 1.38 bits per heavy atom. The highest BCUT2D eigenvalue weighted by Gasteiger charge is 2.31. The average Bonchev–Trinajstić information content (AvgIpc) is 2.48. The molecule has 0 atom stereocenters. The molecule has 0 heterocycles. The van der Waals surface area contributed by atoms with Gasteiger partial charge in [-0.05, 0) is 19.9 Å². The predicted octanol–water partition coefficient (Wildman–Crippen LogP) is 0.870. The maximum absolute atomic E-state index is 10.1. The summed E-state index contributed by atoms with van der Waals surface area (Å²) >= 11 is 0. The molecule has 1 aliphatic carbocycles. The lowest BCUT2D eigenvalue weighted by Gasteiger charge is -2.28. The Kier molecular flexibility index (Phi) is 4.16. The Bertz CT molecular complexity index is 144. The Labute approximate surface area is 80.7 Å². The summed E-state index contributed by atoms with van der Waals surface area (Å²) in [6.07, 6.45) is 4.28. The van der Waals surface area contributed by atoms with Gasteiger partial charge in [-0.15, -0.1) is 0 Å². The standard InChI is InChI=1S/C10H21NO2/c1-11(7-8-13-2)9-10(12)5-3-4-6-10/h12H,3-9H2,1-2H3. The predicted molar refractivity (Wildman–Crippen MR) is 52.8 cm³/mol. The molecule has 1 saturated carbocycles. The van der Waals surface area contributed by atoms with Crippen LogP contribution < -0.4 is 0 Å². The van der Waals surface area contributed by atoms with E-state index >= 15 is 0 Å². The molecule has 1 aliphatic rings. The summed E-state index contributed by atoms with van der Waals surface area (Å²) < 4.78 is 4.99.